The van der Waals surface area contributed by atoms with Crippen molar-refractivity contribution in [3.05, 3.63) is 63.1 Å². The van der Waals surface area contributed by atoms with Gasteiger partial charge in [-0.1, -0.05) is 29.3 Å². The smallest absolute Gasteiger partial charge is 0.201 e. The standard InChI is InChI=1S/C16H11Cl2NO2/c1-10-2-3-11(8-19)6-16(10)21-9-15(20)13-7-12(17)4-5-14(13)18/h2-7H,9H2,1H3. The average molecular weight is 320 g/mol. The van der Waals surface area contributed by atoms with Crippen LogP contribution in [0, 0.1) is 18.3 Å². The molecule has 0 radical (unpaired) electrons. The monoisotopic (exact) mass is 319 g/mol. The van der Waals surface area contributed by atoms with Crippen molar-refractivity contribution in [2.75, 3.05) is 6.61 Å². The van der Waals surface area contributed by atoms with Crippen LogP contribution in [0.4, 0.5) is 0 Å². The molecule has 21 heavy (non-hydrogen) atoms. The molecule has 0 bridgehead atoms. The maximum absolute atomic E-state index is 12.1. The van der Waals surface area contributed by atoms with Gasteiger partial charge in [0, 0.05) is 10.6 Å². The van der Waals surface area contributed by atoms with Crippen LogP contribution in [0.1, 0.15) is 21.5 Å². The summed E-state index contributed by atoms with van der Waals surface area (Å²) < 4.78 is 5.49. The van der Waals surface area contributed by atoms with Gasteiger partial charge in [0.05, 0.1) is 16.7 Å². The first-order valence-electron chi connectivity index (χ1n) is 6.13. The molecule has 0 fully saturated rings. The van der Waals surface area contributed by atoms with E-state index in [0.29, 0.717) is 26.9 Å². The van der Waals surface area contributed by atoms with E-state index in [-0.39, 0.29) is 12.4 Å². The molecule has 5 heteroatoms. The normalized spacial score (nSPS) is 10.0. The van der Waals surface area contributed by atoms with Gasteiger partial charge in [0.15, 0.2) is 6.61 Å². The fraction of sp³-hybridized carbons (Fsp3) is 0.125. The summed E-state index contributed by atoms with van der Waals surface area (Å²) in [6.45, 7) is 1.67. The second-order valence-electron chi connectivity index (χ2n) is 4.43. The Hall–Kier alpha value is -2.02. The molecule has 2 aromatic rings. The van der Waals surface area contributed by atoms with Crippen LogP contribution in [-0.2, 0) is 0 Å². The second kappa shape index (κ2) is 6.62. The van der Waals surface area contributed by atoms with Crippen LogP contribution in [-0.4, -0.2) is 12.4 Å². The lowest BCUT2D eigenvalue weighted by Crippen LogP contribution is -2.12. The minimum Gasteiger partial charge on any atom is -0.485 e. The number of rotatable bonds is 4. The highest BCUT2D eigenvalue weighted by Crippen LogP contribution is 2.23. The summed E-state index contributed by atoms with van der Waals surface area (Å²) in [6, 6.07) is 11.8. The molecule has 0 amide bonds. The summed E-state index contributed by atoms with van der Waals surface area (Å²) in [7, 11) is 0. The molecule has 106 valence electrons. The number of Topliss-reactive ketones (excluding diaryl/α,β-unsaturated/α-hetero) is 1. The largest absolute Gasteiger partial charge is 0.485 e. The molecule has 0 spiro atoms. The molecule has 0 unspecified atom stereocenters. The fourth-order valence-electron chi connectivity index (χ4n) is 1.76. The zero-order valence-electron chi connectivity index (χ0n) is 11.2. The number of nitriles is 1. The minimum atomic E-state index is -0.274. The number of carbonyl (C=O) groups excluding carboxylic acids is 1. The lowest BCUT2D eigenvalue weighted by atomic mass is 10.1. The Kier molecular flexibility index (Phi) is 4.85. The number of nitrogens with zero attached hydrogens (tertiary/aromatic N) is 1. The molecule has 0 aliphatic rings. The SMILES string of the molecule is Cc1ccc(C#N)cc1OCC(=O)c1cc(Cl)ccc1Cl. The summed E-state index contributed by atoms with van der Waals surface area (Å²) in [5.74, 6) is 0.227. The van der Waals surface area contributed by atoms with Crippen LogP contribution in [0.15, 0.2) is 36.4 Å². The Morgan fingerprint density at radius 1 is 1.24 bits per heavy atom. The third kappa shape index (κ3) is 3.75. The van der Waals surface area contributed by atoms with Crippen LogP contribution in [0.25, 0.3) is 0 Å². The number of carbonyl (C=O) groups is 1. The van der Waals surface area contributed by atoms with Gasteiger partial charge in [0.1, 0.15) is 5.75 Å². The van der Waals surface area contributed by atoms with Gasteiger partial charge in [-0.15, -0.1) is 0 Å². The number of ether oxygens (including phenoxy) is 1. The van der Waals surface area contributed by atoms with Crippen molar-refractivity contribution in [1.29, 1.82) is 5.26 Å². The number of halogens is 2. The van der Waals surface area contributed by atoms with Crippen molar-refractivity contribution < 1.29 is 9.53 Å². The Morgan fingerprint density at radius 3 is 2.71 bits per heavy atom. The highest BCUT2D eigenvalue weighted by atomic mass is 35.5. The predicted octanol–water partition coefficient (Wildman–Crippen LogP) is 4.44. The summed E-state index contributed by atoms with van der Waals surface area (Å²) in [4.78, 5) is 12.1. The third-order valence-corrected chi connectivity index (χ3v) is 3.47. The quantitative estimate of drug-likeness (QED) is 0.783. The summed E-state index contributed by atoms with van der Waals surface area (Å²) in [6.07, 6.45) is 0. The number of hydrogen-bond donors (Lipinski definition) is 0. The first kappa shape index (κ1) is 15.4. The van der Waals surface area contributed by atoms with Crippen LogP contribution in [0.3, 0.4) is 0 Å². The molecule has 2 rings (SSSR count). The molecule has 2 aromatic carbocycles. The van der Waals surface area contributed by atoms with Crippen molar-refractivity contribution >= 4 is 29.0 Å². The molecule has 3 nitrogen and oxygen atoms in total. The summed E-state index contributed by atoms with van der Waals surface area (Å²) in [5.41, 5.74) is 1.64. The number of hydrogen-bond acceptors (Lipinski definition) is 3. The molecule has 0 aliphatic heterocycles. The van der Waals surface area contributed by atoms with Gasteiger partial charge < -0.3 is 4.74 Å². The Balaban J connectivity index is 2.15. The van der Waals surface area contributed by atoms with Crippen molar-refractivity contribution in [1.82, 2.24) is 0 Å². The topological polar surface area (TPSA) is 50.1 Å². The molecular weight excluding hydrogens is 309 g/mol. The van der Waals surface area contributed by atoms with E-state index in [0.717, 1.165) is 5.56 Å². The lowest BCUT2D eigenvalue weighted by Gasteiger charge is -2.09. The highest BCUT2D eigenvalue weighted by Gasteiger charge is 2.13. The first-order valence-corrected chi connectivity index (χ1v) is 6.88. The zero-order valence-corrected chi connectivity index (χ0v) is 12.7. The molecule has 0 aliphatic carbocycles. The van der Waals surface area contributed by atoms with E-state index in [2.05, 4.69) is 0 Å². The maximum Gasteiger partial charge on any atom is 0.201 e. The van der Waals surface area contributed by atoms with E-state index < -0.39 is 0 Å². The first-order chi connectivity index (χ1) is 10.0. The highest BCUT2D eigenvalue weighted by molar-refractivity contribution is 6.35. The van der Waals surface area contributed by atoms with Gasteiger partial charge in [-0.2, -0.15) is 5.26 Å². The van der Waals surface area contributed by atoms with E-state index in [1.54, 1.807) is 30.3 Å². The van der Waals surface area contributed by atoms with Crippen molar-refractivity contribution in [3.8, 4) is 11.8 Å². The Labute approximate surface area is 132 Å². The van der Waals surface area contributed by atoms with E-state index in [9.17, 15) is 4.79 Å². The molecule has 0 saturated carbocycles. The van der Waals surface area contributed by atoms with E-state index in [1.165, 1.54) is 6.07 Å². The van der Waals surface area contributed by atoms with Gasteiger partial charge in [0.2, 0.25) is 5.78 Å². The maximum atomic E-state index is 12.1. The van der Waals surface area contributed by atoms with Crippen LogP contribution in [0.5, 0.6) is 5.75 Å². The molecule has 0 saturated heterocycles. The molecular formula is C16H11Cl2NO2. The van der Waals surface area contributed by atoms with Crippen LogP contribution >= 0.6 is 23.2 Å². The Bertz CT molecular complexity index is 736. The second-order valence-corrected chi connectivity index (χ2v) is 5.27. The lowest BCUT2D eigenvalue weighted by molar-refractivity contribution is 0.0921. The third-order valence-electron chi connectivity index (χ3n) is 2.90. The van der Waals surface area contributed by atoms with E-state index >= 15 is 0 Å². The summed E-state index contributed by atoms with van der Waals surface area (Å²) in [5, 5.41) is 9.64. The van der Waals surface area contributed by atoms with Gasteiger partial charge in [-0.25, -0.2) is 0 Å². The van der Waals surface area contributed by atoms with Crippen LogP contribution < -0.4 is 4.74 Å². The predicted molar refractivity (Wildman–Crippen MR) is 82.2 cm³/mol. The number of ketones is 1. The average Bonchev–Trinajstić information content (AvgIpc) is 2.48. The summed E-state index contributed by atoms with van der Waals surface area (Å²) >= 11 is 11.8. The zero-order chi connectivity index (χ0) is 15.4. The fourth-order valence-corrected chi connectivity index (χ4v) is 2.15. The molecule has 0 atom stereocenters. The minimum absolute atomic E-state index is 0.171. The van der Waals surface area contributed by atoms with Crippen molar-refractivity contribution in [3.63, 3.8) is 0 Å². The van der Waals surface area contributed by atoms with Gasteiger partial charge in [-0.05, 0) is 42.8 Å². The molecule has 0 N–H and O–H groups in total. The number of aryl methyl sites for hydroxylation is 1. The van der Waals surface area contributed by atoms with Crippen molar-refractivity contribution in [2.24, 2.45) is 0 Å². The van der Waals surface area contributed by atoms with Gasteiger partial charge in [-0.3, -0.25) is 4.79 Å². The van der Waals surface area contributed by atoms with E-state index in [4.69, 9.17) is 33.2 Å². The van der Waals surface area contributed by atoms with Crippen LogP contribution in [0.2, 0.25) is 10.0 Å². The number of benzene rings is 2. The van der Waals surface area contributed by atoms with Gasteiger partial charge >= 0.3 is 0 Å². The van der Waals surface area contributed by atoms with Crippen molar-refractivity contribution in [2.45, 2.75) is 6.92 Å². The van der Waals surface area contributed by atoms with Gasteiger partial charge in [0.25, 0.3) is 0 Å². The molecule has 0 heterocycles. The van der Waals surface area contributed by atoms with E-state index in [1.807, 2.05) is 13.0 Å². The Morgan fingerprint density at radius 2 is 2.00 bits per heavy atom. The molecule has 0 aromatic heterocycles.